The van der Waals surface area contributed by atoms with Crippen LogP contribution in [0.1, 0.15) is 39.3 Å². The van der Waals surface area contributed by atoms with Gasteiger partial charge in [-0.25, -0.2) is 4.79 Å². The van der Waals surface area contributed by atoms with Crippen molar-refractivity contribution in [2.45, 2.75) is 56.7 Å². The Morgan fingerprint density at radius 1 is 1.22 bits per heavy atom. The number of amides is 1. The van der Waals surface area contributed by atoms with E-state index in [-0.39, 0.29) is 0 Å². The summed E-state index contributed by atoms with van der Waals surface area (Å²) in [7, 11) is -5.78. The zero-order valence-electron chi connectivity index (χ0n) is 15.0. The van der Waals surface area contributed by atoms with Crippen LogP contribution in [0.4, 0.5) is 18.0 Å². The first-order chi connectivity index (χ1) is 12.2. The van der Waals surface area contributed by atoms with Gasteiger partial charge in [0.15, 0.2) is 0 Å². The second-order valence-electron chi connectivity index (χ2n) is 7.76. The minimum Gasteiger partial charge on any atom is -0.444 e. The number of aromatic nitrogens is 2. The summed E-state index contributed by atoms with van der Waals surface area (Å²) in [6.07, 6.45) is 0.748. The van der Waals surface area contributed by atoms with Crippen LogP contribution in [0, 0.1) is 0 Å². The van der Waals surface area contributed by atoms with Crippen molar-refractivity contribution in [2.24, 2.45) is 0 Å². The van der Waals surface area contributed by atoms with Gasteiger partial charge in [-0.15, -0.1) is 5.10 Å². The van der Waals surface area contributed by atoms with E-state index in [2.05, 4.69) is 9.28 Å². The summed E-state index contributed by atoms with van der Waals surface area (Å²) in [5, 5.41) is 3.82. The van der Waals surface area contributed by atoms with Crippen LogP contribution in [0.5, 0.6) is 5.88 Å². The number of ether oxygens (including phenoxy) is 1. The van der Waals surface area contributed by atoms with E-state index in [0.29, 0.717) is 38.2 Å². The zero-order chi connectivity index (χ0) is 20.3. The summed E-state index contributed by atoms with van der Waals surface area (Å²) < 4.78 is 70.7. The summed E-state index contributed by atoms with van der Waals surface area (Å²) in [5.41, 5.74) is -6.12. The Kier molecular flexibility index (Phi) is 4.40. The molecule has 1 aromatic rings. The molecule has 0 saturated carbocycles. The van der Waals surface area contributed by atoms with Crippen molar-refractivity contribution in [3.8, 4) is 5.88 Å². The molecule has 12 heteroatoms. The van der Waals surface area contributed by atoms with Gasteiger partial charge in [-0.3, -0.25) is 4.68 Å². The van der Waals surface area contributed by atoms with Gasteiger partial charge < -0.3 is 13.8 Å². The standard InChI is InChI=1S/C15H20F3N3O5S/c1-13(2,3)25-12(22)20-6-4-14(9-20)5-7-21-10(14)8-11(19-21)26-27(23,24)15(16,17)18/h8H,4-7,9H2,1-3H3. The van der Waals surface area contributed by atoms with Gasteiger partial charge in [0.1, 0.15) is 5.60 Å². The average molecular weight is 411 g/mol. The first-order valence-electron chi connectivity index (χ1n) is 8.30. The molecule has 0 aromatic carbocycles. The van der Waals surface area contributed by atoms with Gasteiger partial charge in [0, 0.05) is 31.1 Å². The SMILES string of the molecule is CC(C)(C)OC(=O)N1CCC2(CCn3nc(OS(=O)(=O)C(F)(F)F)cc32)C1. The van der Waals surface area contributed by atoms with Crippen molar-refractivity contribution in [1.82, 2.24) is 14.7 Å². The van der Waals surface area contributed by atoms with E-state index in [1.54, 1.807) is 25.7 Å². The molecule has 1 saturated heterocycles. The number of carbonyl (C=O) groups excluding carboxylic acids is 1. The van der Waals surface area contributed by atoms with E-state index in [1.165, 1.54) is 10.7 Å². The molecule has 1 aromatic heterocycles. The van der Waals surface area contributed by atoms with Crippen molar-refractivity contribution in [3.63, 3.8) is 0 Å². The molecule has 2 aliphatic heterocycles. The van der Waals surface area contributed by atoms with Crippen LogP contribution < -0.4 is 4.18 Å². The molecule has 152 valence electrons. The van der Waals surface area contributed by atoms with Gasteiger partial charge >= 0.3 is 21.7 Å². The van der Waals surface area contributed by atoms with Crippen LogP contribution in [0.25, 0.3) is 0 Å². The van der Waals surface area contributed by atoms with Crippen molar-refractivity contribution < 1.29 is 35.3 Å². The Balaban J connectivity index is 1.78. The second kappa shape index (κ2) is 6.01. The zero-order valence-corrected chi connectivity index (χ0v) is 15.9. The van der Waals surface area contributed by atoms with Crippen LogP contribution in [0.15, 0.2) is 6.07 Å². The number of alkyl halides is 3. The largest absolute Gasteiger partial charge is 0.534 e. The fourth-order valence-electron chi connectivity index (χ4n) is 3.41. The maximum Gasteiger partial charge on any atom is 0.534 e. The maximum absolute atomic E-state index is 12.5. The quantitative estimate of drug-likeness (QED) is 0.548. The van der Waals surface area contributed by atoms with Crippen LogP contribution >= 0.6 is 0 Å². The highest BCUT2D eigenvalue weighted by atomic mass is 32.2. The first-order valence-corrected chi connectivity index (χ1v) is 9.70. The molecule has 3 heterocycles. The van der Waals surface area contributed by atoms with E-state index in [1.807, 2.05) is 0 Å². The third-order valence-corrected chi connectivity index (χ3v) is 5.54. The van der Waals surface area contributed by atoms with Crippen molar-refractivity contribution in [3.05, 3.63) is 11.8 Å². The number of fused-ring (bicyclic) bond motifs is 2. The van der Waals surface area contributed by atoms with Crippen LogP contribution in [0.2, 0.25) is 0 Å². The molecule has 8 nitrogen and oxygen atoms in total. The summed E-state index contributed by atoms with van der Waals surface area (Å²) in [5.74, 6) is -0.628. The van der Waals surface area contributed by atoms with E-state index < -0.39 is 38.6 Å². The summed E-state index contributed by atoms with van der Waals surface area (Å²) in [4.78, 5) is 13.8. The van der Waals surface area contributed by atoms with Gasteiger partial charge in [0.2, 0.25) is 0 Å². The fraction of sp³-hybridized carbons (Fsp3) is 0.733. The van der Waals surface area contributed by atoms with Crippen molar-refractivity contribution in [2.75, 3.05) is 13.1 Å². The molecule has 0 radical (unpaired) electrons. The average Bonchev–Trinajstić information content (AvgIpc) is 3.13. The predicted molar refractivity (Wildman–Crippen MR) is 86.5 cm³/mol. The molecule has 0 bridgehead atoms. The predicted octanol–water partition coefficient (Wildman–Crippen LogP) is 2.39. The Morgan fingerprint density at radius 2 is 1.85 bits per heavy atom. The normalized spacial score (nSPS) is 23.0. The van der Waals surface area contributed by atoms with Gasteiger partial charge in [-0.1, -0.05) is 0 Å². The van der Waals surface area contributed by atoms with E-state index >= 15 is 0 Å². The first kappa shape index (κ1) is 19.8. The van der Waals surface area contributed by atoms with Crippen LogP contribution in [-0.4, -0.2) is 53.4 Å². The fourth-order valence-corrected chi connectivity index (χ4v) is 3.81. The van der Waals surface area contributed by atoms with E-state index in [0.717, 1.165) is 0 Å². The lowest BCUT2D eigenvalue weighted by atomic mass is 9.83. The summed E-state index contributed by atoms with van der Waals surface area (Å²) in [6.45, 7) is 6.41. The molecule has 1 atom stereocenters. The Bertz CT molecular complexity index is 859. The van der Waals surface area contributed by atoms with E-state index in [9.17, 15) is 26.4 Å². The number of aryl methyl sites for hydroxylation is 1. The lowest BCUT2D eigenvalue weighted by molar-refractivity contribution is -0.0501. The lowest BCUT2D eigenvalue weighted by Crippen LogP contribution is -2.37. The molecule has 2 aliphatic rings. The number of nitrogens with zero attached hydrogens (tertiary/aromatic N) is 3. The van der Waals surface area contributed by atoms with Gasteiger partial charge in [-0.05, 0) is 33.6 Å². The number of likely N-dealkylation sites (tertiary alicyclic amines) is 1. The molecule has 0 aliphatic carbocycles. The highest BCUT2D eigenvalue weighted by Crippen LogP contribution is 2.44. The Hall–Kier alpha value is -1.98. The van der Waals surface area contributed by atoms with Crippen molar-refractivity contribution >= 4 is 16.2 Å². The molecule has 1 amide bonds. The molecule has 1 spiro atoms. The molecule has 1 fully saturated rings. The van der Waals surface area contributed by atoms with Gasteiger partial charge in [0.05, 0.1) is 5.69 Å². The Morgan fingerprint density at radius 3 is 2.44 bits per heavy atom. The molecule has 0 N–H and O–H groups in total. The molecule has 3 rings (SSSR count). The second-order valence-corrected chi connectivity index (χ2v) is 9.29. The number of halogens is 3. The monoisotopic (exact) mass is 411 g/mol. The number of rotatable bonds is 2. The minimum absolute atomic E-state index is 0.319. The lowest BCUT2D eigenvalue weighted by Gasteiger charge is -2.26. The minimum atomic E-state index is -5.78. The topological polar surface area (TPSA) is 90.7 Å². The third-order valence-electron chi connectivity index (χ3n) is 4.59. The highest BCUT2D eigenvalue weighted by molar-refractivity contribution is 7.87. The number of carbonyl (C=O) groups is 1. The van der Waals surface area contributed by atoms with Gasteiger partial charge in [-0.2, -0.15) is 21.6 Å². The van der Waals surface area contributed by atoms with E-state index in [4.69, 9.17) is 4.74 Å². The molecule has 1 unspecified atom stereocenters. The smallest absolute Gasteiger partial charge is 0.444 e. The molecular weight excluding hydrogens is 391 g/mol. The summed E-state index contributed by atoms with van der Waals surface area (Å²) >= 11 is 0. The van der Waals surface area contributed by atoms with Crippen molar-refractivity contribution in [1.29, 1.82) is 0 Å². The Labute approximate surface area is 154 Å². The molecule has 27 heavy (non-hydrogen) atoms. The third kappa shape index (κ3) is 3.71. The number of hydrogen-bond donors (Lipinski definition) is 0. The van der Waals surface area contributed by atoms with Crippen LogP contribution in [-0.2, 0) is 26.8 Å². The highest BCUT2D eigenvalue weighted by Gasteiger charge is 2.51. The molecular formula is C15H20F3N3O5S. The van der Waals surface area contributed by atoms with Gasteiger partial charge in [0.25, 0.3) is 5.88 Å². The van der Waals surface area contributed by atoms with Crippen LogP contribution in [0.3, 0.4) is 0 Å². The summed E-state index contributed by atoms with van der Waals surface area (Å²) in [6, 6.07) is 1.20. The maximum atomic E-state index is 12.5. The number of hydrogen-bond acceptors (Lipinski definition) is 6.